The zero-order valence-corrected chi connectivity index (χ0v) is 25.5. The molecule has 0 saturated carbocycles. The number of fused-ring (bicyclic) bond motifs is 1. The monoisotopic (exact) mass is 608 g/mol. The van der Waals surface area contributed by atoms with E-state index in [0.29, 0.717) is 37.1 Å². The molecule has 2 aliphatic rings. The molecule has 2 saturated heterocycles. The van der Waals surface area contributed by atoms with Crippen molar-refractivity contribution in [2.45, 2.75) is 44.9 Å². The van der Waals surface area contributed by atoms with Gasteiger partial charge in [0.2, 0.25) is 11.8 Å². The Morgan fingerprint density at radius 1 is 0.733 bits per heavy atom. The Bertz CT molecular complexity index is 1740. The fraction of sp³-hybridized carbons (Fsp3) is 0.371. The van der Waals surface area contributed by atoms with Crippen LogP contribution in [0, 0.1) is 0 Å². The number of nitrogens with zero attached hydrogens (tertiary/aromatic N) is 5. The van der Waals surface area contributed by atoms with Crippen LogP contribution in [0.3, 0.4) is 0 Å². The Labute approximate surface area is 262 Å². The zero-order chi connectivity index (χ0) is 31.2. The van der Waals surface area contributed by atoms with E-state index in [9.17, 15) is 19.2 Å². The van der Waals surface area contributed by atoms with Crippen molar-refractivity contribution in [1.29, 1.82) is 0 Å². The van der Waals surface area contributed by atoms with Crippen molar-refractivity contribution in [3.63, 3.8) is 0 Å². The highest BCUT2D eigenvalue weighted by atomic mass is 16.2. The largest absolute Gasteiger partial charge is 0.368 e. The average molecular weight is 609 g/mol. The van der Waals surface area contributed by atoms with Crippen molar-refractivity contribution in [3.8, 4) is 0 Å². The van der Waals surface area contributed by atoms with E-state index in [-0.39, 0.29) is 37.4 Å². The van der Waals surface area contributed by atoms with Crippen molar-refractivity contribution in [2.75, 3.05) is 44.2 Å². The molecule has 0 radical (unpaired) electrons. The van der Waals surface area contributed by atoms with Gasteiger partial charge in [0.25, 0.3) is 5.56 Å². The number of benzene rings is 3. The number of carbonyl (C=O) groups excluding carboxylic acids is 2. The van der Waals surface area contributed by atoms with Crippen molar-refractivity contribution in [3.05, 3.63) is 111 Å². The van der Waals surface area contributed by atoms with Gasteiger partial charge in [-0.1, -0.05) is 60.7 Å². The quantitative estimate of drug-likeness (QED) is 0.314. The van der Waals surface area contributed by atoms with Crippen LogP contribution in [-0.4, -0.2) is 76.1 Å². The predicted octanol–water partition coefficient (Wildman–Crippen LogP) is 2.68. The molecule has 0 spiro atoms. The predicted molar refractivity (Wildman–Crippen MR) is 175 cm³/mol. The molecule has 234 valence electrons. The summed E-state index contributed by atoms with van der Waals surface area (Å²) in [5.41, 5.74) is 1.80. The van der Waals surface area contributed by atoms with E-state index in [1.54, 1.807) is 29.2 Å². The van der Waals surface area contributed by atoms with Crippen molar-refractivity contribution < 1.29 is 9.59 Å². The summed E-state index contributed by atoms with van der Waals surface area (Å²) in [5.74, 6) is -0.355. The highest BCUT2D eigenvalue weighted by Gasteiger charge is 2.24. The molecule has 6 rings (SSSR count). The van der Waals surface area contributed by atoms with E-state index >= 15 is 0 Å². The van der Waals surface area contributed by atoms with Gasteiger partial charge in [-0.3, -0.25) is 28.4 Å². The molecule has 4 aromatic rings. The molecule has 45 heavy (non-hydrogen) atoms. The molecule has 0 atom stereocenters. The van der Waals surface area contributed by atoms with Gasteiger partial charge in [-0.2, -0.15) is 0 Å². The molecule has 0 aliphatic carbocycles. The van der Waals surface area contributed by atoms with E-state index in [2.05, 4.69) is 39.4 Å². The summed E-state index contributed by atoms with van der Waals surface area (Å²) in [6.45, 7) is 4.96. The molecule has 3 heterocycles. The molecule has 10 nitrogen and oxygen atoms in total. The van der Waals surface area contributed by atoms with E-state index in [1.807, 2.05) is 36.4 Å². The summed E-state index contributed by atoms with van der Waals surface area (Å²) in [7, 11) is 0. The molecule has 10 heteroatoms. The Morgan fingerprint density at radius 2 is 1.38 bits per heavy atom. The van der Waals surface area contributed by atoms with Gasteiger partial charge in [0.05, 0.1) is 10.9 Å². The van der Waals surface area contributed by atoms with E-state index in [0.717, 1.165) is 42.7 Å². The van der Waals surface area contributed by atoms with Gasteiger partial charge in [0.15, 0.2) is 0 Å². The molecular formula is C35H40N6O4. The molecule has 1 aromatic heterocycles. The number of para-hydroxylation sites is 2. The number of nitrogens with one attached hydrogen (secondary N) is 1. The van der Waals surface area contributed by atoms with Crippen LogP contribution in [0.15, 0.2) is 94.5 Å². The fourth-order valence-corrected chi connectivity index (χ4v) is 6.40. The maximum Gasteiger partial charge on any atom is 0.331 e. The first-order valence-electron chi connectivity index (χ1n) is 15.8. The van der Waals surface area contributed by atoms with Crippen LogP contribution in [-0.2, 0) is 29.2 Å². The van der Waals surface area contributed by atoms with Crippen LogP contribution < -0.4 is 21.5 Å². The number of anilines is 1. The summed E-state index contributed by atoms with van der Waals surface area (Å²) in [4.78, 5) is 59.8. The van der Waals surface area contributed by atoms with Crippen LogP contribution in [0.5, 0.6) is 0 Å². The van der Waals surface area contributed by atoms with Crippen molar-refractivity contribution in [1.82, 2.24) is 24.3 Å². The Hall–Kier alpha value is -4.70. The molecule has 0 bridgehead atoms. The second kappa shape index (κ2) is 13.9. The summed E-state index contributed by atoms with van der Waals surface area (Å²) in [5, 5.41) is 3.45. The number of amides is 2. The summed E-state index contributed by atoms with van der Waals surface area (Å²) in [6, 6.07) is 27.4. The maximum atomic E-state index is 13.7. The van der Waals surface area contributed by atoms with Gasteiger partial charge >= 0.3 is 5.69 Å². The number of hydrogen-bond donors (Lipinski definition) is 1. The van der Waals surface area contributed by atoms with Crippen LogP contribution in [0.2, 0.25) is 0 Å². The normalized spacial score (nSPS) is 16.2. The number of hydrogen-bond acceptors (Lipinski definition) is 6. The van der Waals surface area contributed by atoms with Gasteiger partial charge in [-0.05, 0) is 42.7 Å². The minimum absolute atomic E-state index is 0.00705. The van der Waals surface area contributed by atoms with Gasteiger partial charge in [-0.25, -0.2) is 4.79 Å². The smallest absolute Gasteiger partial charge is 0.331 e. The first-order chi connectivity index (χ1) is 22.0. The highest BCUT2D eigenvalue weighted by Crippen LogP contribution is 2.17. The molecule has 2 fully saturated rings. The van der Waals surface area contributed by atoms with Gasteiger partial charge in [0, 0.05) is 70.5 Å². The average Bonchev–Trinajstić information content (AvgIpc) is 3.08. The molecular weight excluding hydrogens is 568 g/mol. The maximum absolute atomic E-state index is 13.7. The van der Waals surface area contributed by atoms with Gasteiger partial charge in [-0.15, -0.1) is 0 Å². The summed E-state index contributed by atoms with van der Waals surface area (Å²) in [6.07, 6.45) is 1.71. The van der Waals surface area contributed by atoms with Crippen molar-refractivity contribution >= 4 is 28.4 Å². The minimum atomic E-state index is -0.572. The number of rotatable bonds is 9. The first kappa shape index (κ1) is 30.3. The van der Waals surface area contributed by atoms with E-state index < -0.39 is 11.2 Å². The third-order valence-electron chi connectivity index (χ3n) is 8.94. The van der Waals surface area contributed by atoms with Crippen LogP contribution in [0.1, 0.15) is 24.8 Å². The Balaban J connectivity index is 1.08. The lowest BCUT2D eigenvalue weighted by Crippen LogP contribution is -2.51. The lowest BCUT2D eigenvalue weighted by molar-refractivity contribution is -0.132. The number of likely N-dealkylation sites (tertiary alicyclic amines) is 1. The number of piperazine rings is 1. The third kappa shape index (κ3) is 7.17. The molecule has 2 amide bonds. The lowest BCUT2D eigenvalue weighted by atomic mass is 10.0. The number of aromatic nitrogens is 2. The first-order valence-corrected chi connectivity index (χ1v) is 15.8. The Kier molecular flexibility index (Phi) is 9.40. The molecule has 0 unspecified atom stereocenters. The summed E-state index contributed by atoms with van der Waals surface area (Å²) < 4.78 is 2.48. The summed E-state index contributed by atoms with van der Waals surface area (Å²) >= 11 is 0. The Morgan fingerprint density at radius 3 is 2.09 bits per heavy atom. The third-order valence-corrected chi connectivity index (χ3v) is 8.94. The molecule has 3 aromatic carbocycles. The van der Waals surface area contributed by atoms with E-state index in [1.165, 1.54) is 10.1 Å². The number of carbonyl (C=O) groups is 2. The van der Waals surface area contributed by atoms with Gasteiger partial charge in [0.1, 0.15) is 6.54 Å². The topological polar surface area (TPSA) is 99.9 Å². The van der Waals surface area contributed by atoms with Crippen LogP contribution in [0.25, 0.3) is 10.9 Å². The van der Waals surface area contributed by atoms with E-state index in [4.69, 9.17) is 0 Å². The zero-order valence-electron chi connectivity index (χ0n) is 25.5. The lowest BCUT2D eigenvalue weighted by Gasteiger charge is -2.36. The second-order valence-electron chi connectivity index (χ2n) is 11.9. The molecule has 1 N–H and O–H groups in total. The minimum Gasteiger partial charge on any atom is -0.368 e. The number of piperidine rings is 1. The second-order valence-corrected chi connectivity index (χ2v) is 11.9. The standard InChI is InChI=1S/C35H40N6O4/c42-32(36-28-15-18-37(19-16-28)25-27-9-3-1-4-10-27)17-20-40-34(44)30-13-7-8-14-31(30)41(35(40)45)26-33(43)39-23-21-38(22-24-39)29-11-5-2-6-12-29/h1-14,28H,15-26H2,(H,36,42). The van der Waals surface area contributed by atoms with Gasteiger partial charge < -0.3 is 15.1 Å². The molecule has 2 aliphatic heterocycles. The fourth-order valence-electron chi connectivity index (χ4n) is 6.40. The SMILES string of the molecule is O=C(CCn1c(=O)c2ccccc2n(CC(=O)N2CCN(c3ccccc3)CC2)c1=O)NC1CCN(Cc2ccccc2)CC1. The van der Waals surface area contributed by atoms with Crippen LogP contribution >= 0.6 is 0 Å². The van der Waals surface area contributed by atoms with Crippen LogP contribution in [0.4, 0.5) is 5.69 Å². The van der Waals surface area contributed by atoms with Crippen molar-refractivity contribution in [2.24, 2.45) is 0 Å². The highest BCUT2D eigenvalue weighted by molar-refractivity contribution is 5.82.